The molecule has 0 saturated carbocycles. The molecule has 1 amide bonds. The molecule has 1 aliphatic rings. The highest BCUT2D eigenvalue weighted by molar-refractivity contribution is 5.94. The van der Waals surface area contributed by atoms with Crippen LogP contribution in [0.1, 0.15) is 28.5 Å². The zero-order chi connectivity index (χ0) is 19.7. The van der Waals surface area contributed by atoms with Crippen LogP contribution < -0.4 is 4.74 Å². The number of amides is 1. The molecule has 0 spiro atoms. The molecule has 1 atom stereocenters. The van der Waals surface area contributed by atoms with Crippen molar-refractivity contribution in [3.05, 3.63) is 66.0 Å². The summed E-state index contributed by atoms with van der Waals surface area (Å²) in [6.45, 7) is 3.19. The number of hydrogen-bond acceptors (Lipinski definition) is 4. The molecule has 0 aliphatic carbocycles. The van der Waals surface area contributed by atoms with Crippen molar-refractivity contribution >= 4 is 5.91 Å². The number of nitrogens with zero attached hydrogens (tertiary/aromatic N) is 4. The Labute approximate surface area is 162 Å². The van der Waals surface area contributed by atoms with Gasteiger partial charge in [0.15, 0.2) is 11.6 Å². The fourth-order valence-electron chi connectivity index (χ4n) is 3.74. The maximum atomic E-state index is 14.0. The maximum Gasteiger partial charge on any atom is 0.254 e. The molecule has 1 unspecified atom stereocenters. The summed E-state index contributed by atoms with van der Waals surface area (Å²) < 4.78 is 21.1. The third-order valence-corrected chi connectivity index (χ3v) is 5.13. The van der Waals surface area contributed by atoms with Gasteiger partial charge in [-0.25, -0.2) is 9.37 Å². The first kappa shape index (κ1) is 18.2. The number of methoxy groups -OCH3 is 1. The van der Waals surface area contributed by atoms with E-state index in [0.717, 1.165) is 23.5 Å². The number of carbonyl (C=O) groups excluding carboxylic acids is 1. The molecule has 7 heteroatoms. The smallest absolute Gasteiger partial charge is 0.254 e. The lowest BCUT2D eigenvalue weighted by molar-refractivity contribution is 0.0787. The van der Waals surface area contributed by atoms with E-state index in [4.69, 9.17) is 4.74 Å². The van der Waals surface area contributed by atoms with Gasteiger partial charge in [-0.15, -0.1) is 0 Å². The Morgan fingerprint density at radius 2 is 2.04 bits per heavy atom. The molecular formula is C21H21FN4O2. The molecular weight excluding hydrogens is 359 g/mol. The number of halogens is 1. The minimum absolute atomic E-state index is 0.123. The molecule has 1 aromatic carbocycles. The highest BCUT2D eigenvalue weighted by atomic mass is 19.1. The van der Waals surface area contributed by atoms with Crippen LogP contribution >= 0.6 is 0 Å². The highest BCUT2D eigenvalue weighted by Crippen LogP contribution is 2.30. The molecule has 1 aliphatic heterocycles. The van der Waals surface area contributed by atoms with Crippen molar-refractivity contribution in [3.63, 3.8) is 0 Å². The molecule has 1 fully saturated rings. The van der Waals surface area contributed by atoms with Gasteiger partial charge in [0, 0.05) is 48.5 Å². The van der Waals surface area contributed by atoms with E-state index in [0.29, 0.717) is 18.7 Å². The number of rotatable bonds is 4. The monoisotopic (exact) mass is 380 g/mol. The second-order valence-electron chi connectivity index (χ2n) is 6.87. The van der Waals surface area contributed by atoms with Crippen molar-refractivity contribution in [2.24, 2.45) is 0 Å². The summed E-state index contributed by atoms with van der Waals surface area (Å²) in [5.41, 5.74) is 2.36. The zero-order valence-electron chi connectivity index (χ0n) is 15.8. The van der Waals surface area contributed by atoms with Crippen molar-refractivity contribution < 1.29 is 13.9 Å². The Morgan fingerprint density at radius 1 is 1.25 bits per heavy atom. The number of imidazole rings is 1. The first-order valence-corrected chi connectivity index (χ1v) is 9.15. The number of pyridine rings is 1. The Bertz CT molecular complexity index is 1000. The summed E-state index contributed by atoms with van der Waals surface area (Å²) in [7, 11) is 1.40. The van der Waals surface area contributed by atoms with E-state index in [2.05, 4.69) is 14.5 Å². The van der Waals surface area contributed by atoms with E-state index < -0.39 is 5.82 Å². The van der Waals surface area contributed by atoms with Gasteiger partial charge in [-0.2, -0.15) is 0 Å². The van der Waals surface area contributed by atoms with Crippen LogP contribution in [0.4, 0.5) is 4.39 Å². The summed E-state index contributed by atoms with van der Waals surface area (Å²) in [5, 5.41) is 0. The largest absolute Gasteiger partial charge is 0.494 e. The Hall–Kier alpha value is -3.22. The van der Waals surface area contributed by atoms with E-state index in [1.807, 2.05) is 25.3 Å². The second kappa shape index (κ2) is 7.42. The van der Waals surface area contributed by atoms with E-state index in [-0.39, 0.29) is 17.7 Å². The van der Waals surface area contributed by atoms with Crippen molar-refractivity contribution in [1.29, 1.82) is 0 Å². The highest BCUT2D eigenvalue weighted by Gasteiger charge is 2.30. The van der Waals surface area contributed by atoms with Crippen molar-refractivity contribution in [2.75, 3.05) is 20.2 Å². The van der Waals surface area contributed by atoms with Crippen LogP contribution in [0.3, 0.4) is 0 Å². The zero-order valence-corrected chi connectivity index (χ0v) is 15.8. The Morgan fingerprint density at radius 3 is 2.75 bits per heavy atom. The molecule has 3 aromatic rings. The fourth-order valence-corrected chi connectivity index (χ4v) is 3.74. The standard InChI is InChI=1S/C21H21FN4O2/c1-14-12-24-20(15-5-8-23-9-6-15)26(14)17-7-10-25(13-17)21(27)16-3-4-19(28-2)18(22)11-16/h3-6,8-9,11-12,17H,7,10,13H2,1-2H3. The van der Waals surface area contributed by atoms with Crippen molar-refractivity contribution in [1.82, 2.24) is 19.4 Å². The van der Waals surface area contributed by atoms with Gasteiger partial charge in [-0.1, -0.05) is 0 Å². The predicted molar refractivity (Wildman–Crippen MR) is 103 cm³/mol. The third kappa shape index (κ3) is 3.24. The third-order valence-electron chi connectivity index (χ3n) is 5.13. The van der Waals surface area contributed by atoms with Crippen LogP contribution in [0, 0.1) is 12.7 Å². The van der Waals surface area contributed by atoms with Gasteiger partial charge in [0.2, 0.25) is 0 Å². The summed E-state index contributed by atoms with van der Waals surface area (Å²) in [6, 6.07) is 8.30. The molecule has 2 aromatic heterocycles. The van der Waals surface area contributed by atoms with Crippen LogP contribution in [0.5, 0.6) is 5.75 Å². The number of ether oxygens (including phenoxy) is 1. The quantitative estimate of drug-likeness (QED) is 0.695. The normalized spacial score (nSPS) is 16.4. The van der Waals surface area contributed by atoms with Gasteiger partial charge >= 0.3 is 0 Å². The summed E-state index contributed by atoms with van der Waals surface area (Å²) in [6.07, 6.45) is 6.15. The van der Waals surface area contributed by atoms with Crippen LogP contribution in [-0.4, -0.2) is 45.5 Å². The molecule has 1 saturated heterocycles. The molecule has 0 bridgehead atoms. The predicted octanol–water partition coefficient (Wildman–Crippen LogP) is 3.49. The van der Waals surface area contributed by atoms with Gasteiger partial charge in [-0.05, 0) is 43.7 Å². The molecule has 6 nitrogen and oxygen atoms in total. The molecule has 0 radical (unpaired) electrons. The molecule has 144 valence electrons. The first-order chi connectivity index (χ1) is 13.6. The van der Waals surface area contributed by atoms with E-state index in [1.54, 1.807) is 23.4 Å². The lowest BCUT2D eigenvalue weighted by Crippen LogP contribution is -2.29. The summed E-state index contributed by atoms with van der Waals surface area (Å²) >= 11 is 0. The average molecular weight is 380 g/mol. The topological polar surface area (TPSA) is 60.2 Å². The van der Waals surface area contributed by atoms with Crippen molar-refractivity contribution in [3.8, 4) is 17.1 Å². The van der Waals surface area contributed by atoms with Gasteiger partial charge < -0.3 is 14.2 Å². The van der Waals surface area contributed by atoms with Crippen LogP contribution in [-0.2, 0) is 0 Å². The minimum Gasteiger partial charge on any atom is -0.494 e. The number of likely N-dealkylation sites (tertiary alicyclic amines) is 1. The van der Waals surface area contributed by atoms with Crippen molar-refractivity contribution in [2.45, 2.75) is 19.4 Å². The summed E-state index contributed by atoms with van der Waals surface area (Å²) in [4.78, 5) is 23.2. The molecule has 0 N–H and O–H groups in total. The lowest BCUT2D eigenvalue weighted by atomic mass is 10.2. The van der Waals surface area contributed by atoms with Gasteiger partial charge in [0.1, 0.15) is 5.82 Å². The SMILES string of the molecule is COc1ccc(C(=O)N2CCC(n3c(C)cnc3-c3ccncc3)C2)cc1F. The van der Waals surface area contributed by atoms with E-state index in [9.17, 15) is 9.18 Å². The molecule has 3 heterocycles. The molecule has 4 rings (SSSR count). The van der Waals surface area contributed by atoms with Crippen LogP contribution in [0.15, 0.2) is 48.9 Å². The first-order valence-electron chi connectivity index (χ1n) is 9.15. The van der Waals surface area contributed by atoms with Crippen LogP contribution in [0.25, 0.3) is 11.4 Å². The minimum atomic E-state index is -0.533. The number of aromatic nitrogens is 3. The number of hydrogen-bond donors (Lipinski definition) is 0. The number of aryl methyl sites for hydroxylation is 1. The lowest BCUT2D eigenvalue weighted by Gasteiger charge is -2.20. The second-order valence-corrected chi connectivity index (χ2v) is 6.87. The van der Waals surface area contributed by atoms with Gasteiger partial charge in [-0.3, -0.25) is 9.78 Å². The maximum absolute atomic E-state index is 14.0. The van der Waals surface area contributed by atoms with E-state index >= 15 is 0 Å². The van der Waals surface area contributed by atoms with Gasteiger partial charge in [0.25, 0.3) is 5.91 Å². The Kier molecular flexibility index (Phi) is 4.81. The molecule has 28 heavy (non-hydrogen) atoms. The number of carbonyl (C=O) groups is 1. The summed E-state index contributed by atoms with van der Waals surface area (Å²) in [5.74, 6) is 0.295. The number of benzene rings is 1. The fraction of sp³-hybridized carbons (Fsp3) is 0.286. The average Bonchev–Trinajstić information content (AvgIpc) is 3.34. The Balaban J connectivity index is 1.56. The van der Waals surface area contributed by atoms with Gasteiger partial charge in [0.05, 0.1) is 13.2 Å². The van der Waals surface area contributed by atoms with Crippen LogP contribution in [0.2, 0.25) is 0 Å². The van der Waals surface area contributed by atoms with E-state index in [1.165, 1.54) is 19.2 Å².